The molecule has 1 unspecified atom stereocenters. The topological polar surface area (TPSA) is 42.0 Å². The minimum Gasteiger partial charge on any atom is -0.349 e. The van der Waals surface area contributed by atoms with E-state index in [0.29, 0.717) is 0 Å². The Labute approximate surface area is 89.9 Å². The number of rotatable bonds is 3. The number of pyridine rings is 1. The molecule has 1 atom stereocenters. The lowest BCUT2D eigenvalue weighted by Gasteiger charge is -2.26. The van der Waals surface area contributed by atoms with Gasteiger partial charge in [-0.25, -0.2) is 0 Å². The third-order valence-corrected chi connectivity index (χ3v) is 3.04. The van der Waals surface area contributed by atoms with Crippen molar-refractivity contribution >= 4 is 5.91 Å². The summed E-state index contributed by atoms with van der Waals surface area (Å²) in [6.07, 6.45) is 6.80. The van der Waals surface area contributed by atoms with Crippen LogP contribution in [0, 0.1) is 5.92 Å². The molecule has 0 spiro atoms. The number of amides is 1. The van der Waals surface area contributed by atoms with Crippen molar-refractivity contribution in [3.63, 3.8) is 0 Å². The standard InChI is InChI=1S/C12H16N2O/c1-9(10-5-7-13-8-6-10)14-12(15)11-3-2-4-11/h5-9,11H,2-4H2,1H3,(H,14,15). The van der Waals surface area contributed by atoms with Crippen molar-refractivity contribution in [2.75, 3.05) is 0 Å². The van der Waals surface area contributed by atoms with Crippen LogP contribution < -0.4 is 5.32 Å². The molecule has 1 heterocycles. The normalized spacial score (nSPS) is 17.9. The number of carbonyl (C=O) groups excluding carboxylic acids is 1. The van der Waals surface area contributed by atoms with Gasteiger partial charge in [-0.3, -0.25) is 9.78 Å². The van der Waals surface area contributed by atoms with Crippen LogP contribution in [0.3, 0.4) is 0 Å². The van der Waals surface area contributed by atoms with Crippen LogP contribution in [0.4, 0.5) is 0 Å². The Hall–Kier alpha value is -1.38. The van der Waals surface area contributed by atoms with Crippen LogP contribution in [0.25, 0.3) is 0 Å². The van der Waals surface area contributed by atoms with Crippen LogP contribution in [0.15, 0.2) is 24.5 Å². The number of hydrogen-bond acceptors (Lipinski definition) is 2. The third-order valence-electron chi connectivity index (χ3n) is 3.04. The molecule has 1 aliphatic rings. The van der Waals surface area contributed by atoms with Gasteiger partial charge in [0.05, 0.1) is 6.04 Å². The summed E-state index contributed by atoms with van der Waals surface area (Å²) in [6, 6.07) is 3.96. The molecule has 3 nitrogen and oxygen atoms in total. The van der Waals surface area contributed by atoms with Crippen LogP contribution >= 0.6 is 0 Å². The molecule has 3 heteroatoms. The van der Waals surface area contributed by atoms with E-state index in [1.54, 1.807) is 12.4 Å². The number of nitrogens with zero attached hydrogens (tertiary/aromatic N) is 1. The molecule has 0 bridgehead atoms. The number of nitrogens with one attached hydrogen (secondary N) is 1. The van der Waals surface area contributed by atoms with Gasteiger partial charge in [-0.05, 0) is 37.5 Å². The molecule has 1 saturated carbocycles. The molecule has 0 radical (unpaired) electrons. The smallest absolute Gasteiger partial charge is 0.223 e. The van der Waals surface area contributed by atoms with E-state index in [9.17, 15) is 4.79 Å². The Morgan fingerprint density at radius 2 is 2.13 bits per heavy atom. The van der Waals surface area contributed by atoms with Crippen molar-refractivity contribution in [3.8, 4) is 0 Å². The van der Waals surface area contributed by atoms with Crippen molar-refractivity contribution in [3.05, 3.63) is 30.1 Å². The first-order valence-corrected chi connectivity index (χ1v) is 5.47. The van der Waals surface area contributed by atoms with Crippen LogP contribution in [0.1, 0.15) is 37.8 Å². The fourth-order valence-corrected chi connectivity index (χ4v) is 1.74. The van der Waals surface area contributed by atoms with Crippen LogP contribution in [-0.4, -0.2) is 10.9 Å². The average molecular weight is 204 g/mol. The summed E-state index contributed by atoms with van der Waals surface area (Å²) in [5.41, 5.74) is 1.11. The maximum absolute atomic E-state index is 11.7. The van der Waals surface area contributed by atoms with Gasteiger partial charge in [0.1, 0.15) is 0 Å². The van der Waals surface area contributed by atoms with Gasteiger partial charge in [0.15, 0.2) is 0 Å². The maximum atomic E-state index is 11.7. The Kier molecular flexibility index (Phi) is 2.99. The second kappa shape index (κ2) is 4.43. The summed E-state index contributed by atoms with van der Waals surface area (Å²) in [7, 11) is 0. The van der Waals surface area contributed by atoms with E-state index in [1.807, 2.05) is 19.1 Å². The zero-order chi connectivity index (χ0) is 10.7. The summed E-state index contributed by atoms with van der Waals surface area (Å²) in [5.74, 6) is 0.458. The van der Waals surface area contributed by atoms with E-state index in [2.05, 4.69) is 10.3 Å². The summed E-state index contributed by atoms with van der Waals surface area (Å²) in [4.78, 5) is 15.6. The number of aromatic nitrogens is 1. The average Bonchev–Trinajstić information content (AvgIpc) is 2.16. The summed E-state index contributed by atoms with van der Waals surface area (Å²) in [6.45, 7) is 2.01. The molecule has 1 aromatic heterocycles. The van der Waals surface area contributed by atoms with Gasteiger partial charge >= 0.3 is 0 Å². The monoisotopic (exact) mass is 204 g/mol. The molecule has 1 aliphatic carbocycles. The Morgan fingerprint density at radius 3 is 2.67 bits per heavy atom. The van der Waals surface area contributed by atoms with Gasteiger partial charge < -0.3 is 5.32 Å². The molecule has 1 fully saturated rings. The first kappa shape index (κ1) is 10.1. The van der Waals surface area contributed by atoms with Gasteiger partial charge in [0.2, 0.25) is 5.91 Å². The van der Waals surface area contributed by atoms with Crippen molar-refractivity contribution in [2.45, 2.75) is 32.2 Å². The van der Waals surface area contributed by atoms with Gasteiger partial charge in [0.25, 0.3) is 0 Å². The van der Waals surface area contributed by atoms with Gasteiger partial charge in [-0.1, -0.05) is 6.42 Å². The van der Waals surface area contributed by atoms with E-state index in [0.717, 1.165) is 18.4 Å². The summed E-state index contributed by atoms with van der Waals surface area (Å²) >= 11 is 0. The quantitative estimate of drug-likeness (QED) is 0.818. The lowest BCUT2D eigenvalue weighted by Crippen LogP contribution is -2.35. The molecule has 0 aromatic carbocycles. The van der Waals surface area contributed by atoms with Crippen LogP contribution in [0.2, 0.25) is 0 Å². The first-order valence-electron chi connectivity index (χ1n) is 5.47. The Bertz CT molecular complexity index is 333. The summed E-state index contributed by atoms with van der Waals surface area (Å²) < 4.78 is 0. The van der Waals surface area contributed by atoms with E-state index < -0.39 is 0 Å². The second-order valence-corrected chi connectivity index (χ2v) is 4.14. The minimum absolute atomic E-state index is 0.0844. The predicted octanol–water partition coefficient (Wildman–Crippen LogP) is 2.06. The van der Waals surface area contributed by atoms with Gasteiger partial charge in [0, 0.05) is 18.3 Å². The summed E-state index contributed by atoms with van der Waals surface area (Å²) in [5, 5.41) is 3.03. The van der Waals surface area contributed by atoms with Gasteiger partial charge in [-0.2, -0.15) is 0 Å². The molecule has 80 valence electrons. The molecular formula is C12H16N2O. The van der Waals surface area contributed by atoms with Crippen molar-refractivity contribution in [2.24, 2.45) is 5.92 Å². The van der Waals surface area contributed by atoms with Crippen molar-refractivity contribution in [1.82, 2.24) is 10.3 Å². The Morgan fingerprint density at radius 1 is 1.47 bits per heavy atom. The molecule has 1 amide bonds. The van der Waals surface area contributed by atoms with E-state index in [-0.39, 0.29) is 17.9 Å². The van der Waals surface area contributed by atoms with Crippen LogP contribution in [-0.2, 0) is 4.79 Å². The van der Waals surface area contributed by atoms with Crippen molar-refractivity contribution < 1.29 is 4.79 Å². The first-order chi connectivity index (χ1) is 7.27. The molecule has 0 aliphatic heterocycles. The highest BCUT2D eigenvalue weighted by molar-refractivity contribution is 5.79. The SMILES string of the molecule is CC(NC(=O)C1CCC1)c1ccncc1. The number of hydrogen-bond donors (Lipinski definition) is 1. The van der Waals surface area contributed by atoms with E-state index >= 15 is 0 Å². The highest BCUT2D eigenvalue weighted by Gasteiger charge is 2.26. The minimum atomic E-state index is 0.0844. The molecule has 15 heavy (non-hydrogen) atoms. The van der Waals surface area contributed by atoms with Crippen molar-refractivity contribution in [1.29, 1.82) is 0 Å². The third kappa shape index (κ3) is 2.35. The van der Waals surface area contributed by atoms with Gasteiger partial charge in [-0.15, -0.1) is 0 Å². The molecule has 1 aromatic rings. The largest absolute Gasteiger partial charge is 0.349 e. The lowest BCUT2D eigenvalue weighted by atomic mass is 9.84. The highest BCUT2D eigenvalue weighted by Crippen LogP contribution is 2.27. The zero-order valence-corrected chi connectivity index (χ0v) is 8.94. The Balaban J connectivity index is 1.91. The fourth-order valence-electron chi connectivity index (χ4n) is 1.74. The maximum Gasteiger partial charge on any atom is 0.223 e. The lowest BCUT2D eigenvalue weighted by molar-refractivity contribution is -0.128. The second-order valence-electron chi connectivity index (χ2n) is 4.14. The number of carbonyl (C=O) groups is 1. The van der Waals surface area contributed by atoms with E-state index in [1.165, 1.54) is 6.42 Å². The van der Waals surface area contributed by atoms with Crippen LogP contribution in [0.5, 0.6) is 0 Å². The molecule has 2 rings (SSSR count). The fraction of sp³-hybridized carbons (Fsp3) is 0.500. The molecule has 0 saturated heterocycles. The predicted molar refractivity (Wildman–Crippen MR) is 58.1 cm³/mol. The molecule has 1 N–H and O–H groups in total. The molecular weight excluding hydrogens is 188 g/mol. The van der Waals surface area contributed by atoms with E-state index in [4.69, 9.17) is 0 Å². The highest BCUT2D eigenvalue weighted by atomic mass is 16.1. The zero-order valence-electron chi connectivity index (χ0n) is 8.94.